The Morgan fingerprint density at radius 3 is 2.50 bits per heavy atom. The van der Waals surface area contributed by atoms with E-state index >= 15 is 0 Å². The third-order valence-electron chi connectivity index (χ3n) is 3.92. The minimum atomic E-state index is -0.876. The van der Waals surface area contributed by atoms with Crippen molar-refractivity contribution in [1.29, 1.82) is 0 Å². The molecule has 0 saturated carbocycles. The van der Waals surface area contributed by atoms with Crippen LogP contribution in [0.2, 0.25) is 0 Å². The molecule has 0 aromatic heterocycles. The summed E-state index contributed by atoms with van der Waals surface area (Å²) in [5.74, 6) is 0.374. The summed E-state index contributed by atoms with van der Waals surface area (Å²) in [7, 11) is 2.81. The van der Waals surface area contributed by atoms with Crippen molar-refractivity contribution < 1.29 is 29.3 Å². The number of nitrogens with two attached hydrogens (primary N) is 1. The molecule has 1 unspecified atom stereocenters. The molecule has 150 valence electrons. The molecule has 2 aromatic rings. The first kappa shape index (κ1) is 20.8. The van der Waals surface area contributed by atoms with Gasteiger partial charge in [-0.25, -0.2) is 4.79 Å². The average Bonchev–Trinajstić information content (AvgIpc) is 2.75. The Balaban J connectivity index is 2.37. The predicted molar refractivity (Wildman–Crippen MR) is 103 cm³/mol. The number of carbonyl (C=O) groups excluding carboxylic acids is 1. The fraction of sp³-hybridized carbons (Fsp3) is 0.263. The molecule has 0 bridgehead atoms. The maximum Gasteiger partial charge on any atom is 0.333 e. The van der Waals surface area contributed by atoms with Crippen LogP contribution in [0.4, 0.5) is 5.69 Å². The monoisotopic (exact) mass is 389 g/mol. The average molecular weight is 389 g/mol. The number of nitrogens with one attached hydrogen (secondary N) is 1. The molecular weight excluding hydrogens is 366 g/mol. The van der Waals surface area contributed by atoms with Crippen LogP contribution in [0.5, 0.6) is 11.5 Å². The van der Waals surface area contributed by atoms with Gasteiger partial charge in [0.25, 0.3) is 0 Å². The highest BCUT2D eigenvalue weighted by Gasteiger charge is 2.25. The van der Waals surface area contributed by atoms with Crippen LogP contribution in [0, 0.1) is 0 Å². The number of methoxy groups -OCH3 is 2. The predicted octanol–water partition coefficient (Wildman–Crippen LogP) is 1.49. The van der Waals surface area contributed by atoms with Gasteiger partial charge in [0.05, 0.1) is 20.8 Å². The number of aliphatic hydroxyl groups excluding tert-OH is 1. The molecule has 0 radical (unpaired) electrons. The van der Waals surface area contributed by atoms with E-state index < -0.39 is 12.0 Å². The second-order valence-corrected chi connectivity index (χ2v) is 5.64. The lowest BCUT2D eigenvalue weighted by atomic mass is 10.0. The molecule has 2 rings (SSSR count). The van der Waals surface area contributed by atoms with Gasteiger partial charge in [-0.05, 0) is 36.4 Å². The lowest BCUT2D eigenvalue weighted by Crippen LogP contribution is -2.23. The van der Waals surface area contributed by atoms with Crippen LogP contribution in [0.1, 0.15) is 17.2 Å². The van der Waals surface area contributed by atoms with Crippen molar-refractivity contribution >= 4 is 17.5 Å². The zero-order chi connectivity index (χ0) is 20.5. The molecule has 1 atom stereocenters. The number of aliphatic hydroxyl groups is 1. The van der Waals surface area contributed by atoms with Gasteiger partial charge in [0.1, 0.15) is 18.1 Å². The van der Waals surface area contributed by atoms with Crippen molar-refractivity contribution in [2.75, 3.05) is 32.8 Å². The Labute approximate surface area is 162 Å². The van der Waals surface area contributed by atoms with Gasteiger partial charge in [-0.15, -0.1) is 0 Å². The first-order valence-corrected chi connectivity index (χ1v) is 8.38. The largest absolute Gasteiger partial charge is 0.497 e. The normalized spacial score (nSPS) is 12.2. The summed E-state index contributed by atoms with van der Waals surface area (Å²) in [5, 5.41) is 23.8. The third kappa shape index (κ3) is 5.04. The van der Waals surface area contributed by atoms with Crippen molar-refractivity contribution in [3.8, 4) is 11.5 Å². The molecule has 0 heterocycles. The quantitative estimate of drug-likeness (QED) is 0.166. The van der Waals surface area contributed by atoms with E-state index in [4.69, 9.17) is 30.3 Å². The molecule has 0 amide bonds. The Hall–Kier alpha value is -3.46. The minimum absolute atomic E-state index is 0.0223. The summed E-state index contributed by atoms with van der Waals surface area (Å²) in [6.07, 6.45) is 0. The lowest BCUT2D eigenvalue weighted by molar-refractivity contribution is -0.141. The molecule has 5 N–H and O–H groups in total. The van der Waals surface area contributed by atoms with E-state index in [1.54, 1.807) is 42.5 Å². The number of esters is 1. The Kier molecular flexibility index (Phi) is 7.46. The number of benzene rings is 2. The van der Waals surface area contributed by atoms with Crippen molar-refractivity contribution in [3.63, 3.8) is 0 Å². The van der Waals surface area contributed by atoms with Gasteiger partial charge < -0.3 is 35.6 Å². The van der Waals surface area contributed by atoms with Gasteiger partial charge in [-0.1, -0.05) is 5.16 Å². The molecular formula is C19H23N3O6. The van der Waals surface area contributed by atoms with Crippen molar-refractivity contribution in [2.24, 2.45) is 10.9 Å². The van der Waals surface area contributed by atoms with Gasteiger partial charge >= 0.3 is 5.97 Å². The van der Waals surface area contributed by atoms with Gasteiger partial charge in [-0.3, -0.25) is 0 Å². The number of hydrogen-bond acceptors (Lipinski definition) is 8. The van der Waals surface area contributed by atoms with E-state index in [1.807, 2.05) is 0 Å². The summed E-state index contributed by atoms with van der Waals surface area (Å²) in [5.41, 5.74) is 7.20. The zero-order valence-electron chi connectivity index (χ0n) is 15.6. The number of ether oxygens (including phenoxy) is 3. The first-order valence-electron chi connectivity index (χ1n) is 8.38. The number of hydrogen-bond donors (Lipinski definition) is 4. The molecule has 0 spiro atoms. The number of nitrogens with zero attached hydrogens (tertiary/aromatic N) is 1. The van der Waals surface area contributed by atoms with Crippen LogP contribution in [-0.4, -0.2) is 49.6 Å². The summed E-state index contributed by atoms with van der Waals surface area (Å²) in [6, 6.07) is 10.8. The topological polar surface area (TPSA) is 136 Å². The molecule has 0 saturated heterocycles. The Bertz CT molecular complexity index is 823. The van der Waals surface area contributed by atoms with Crippen LogP contribution < -0.4 is 20.5 Å². The summed E-state index contributed by atoms with van der Waals surface area (Å²) >= 11 is 0. The smallest absolute Gasteiger partial charge is 0.333 e. The standard InChI is InChI=1S/C19H23N3O6/c1-26-14-7-8-15(16(11-14)28-10-9-23)17(19(24)27-2)21-13-5-3-12(4-6-13)18(20)22-25/h3-8,11,17,21,23,25H,9-10H2,1-2H3,(H2,20,22). The lowest BCUT2D eigenvalue weighted by Gasteiger charge is -2.21. The second-order valence-electron chi connectivity index (χ2n) is 5.64. The van der Waals surface area contributed by atoms with E-state index in [9.17, 15) is 4.79 Å². The van der Waals surface area contributed by atoms with E-state index in [0.29, 0.717) is 28.3 Å². The van der Waals surface area contributed by atoms with Crippen LogP contribution in [0.3, 0.4) is 0 Å². The van der Waals surface area contributed by atoms with Gasteiger partial charge in [0.2, 0.25) is 0 Å². The number of amidine groups is 1. The van der Waals surface area contributed by atoms with E-state index in [2.05, 4.69) is 10.5 Å². The molecule has 0 aliphatic rings. The van der Waals surface area contributed by atoms with Crippen molar-refractivity contribution in [3.05, 3.63) is 53.6 Å². The Morgan fingerprint density at radius 1 is 1.21 bits per heavy atom. The van der Waals surface area contributed by atoms with Crippen LogP contribution in [0.25, 0.3) is 0 Å². The highest BCUT2D eigenvalue weighted by Crippen LogP contribution is 2.32. The summed E-state index contributed by atoms with van der Waals surface area (Å²) in [4.78, 5) is 12.4. The highest BCUT2D eigenvalue weighted by molar-refractivity contribution is 5.97. The maximum atomic E-state index is 12.4. The van der Waals surface area contributed by atoms with Gasteiger partial charge in [0, 0.05) is 22.9 Å². The molecule has 9 heteroatoms. The van der Waals surface area contributed by atoms with Crippen molar-refractivity contribution in [1.82, 2.24) is 0 Å². The summed E-state index contributed by atoms with van der Waals surface area (Å²) < 4.78 is 15.7. The molecule has 2 aromatic carbocycles. The third-order valence-corrected chi connectivity index (χ3v) is 3.92. The molecule has 28 heavy (non-hydrogen) atoms. The molecule has 0 fully saturated rings. The highest BCUT2D eigenvalue weighted by atomic mass is 16.5. The van der Waals surface area contributed by atoms with Gasteiger partial charge in [0.15, 0.2) is 11.9 Å². The first-order chi connectivity index (χ1) is 13.5. The van der Waals surface area contributed by atoms with Gasteiger partial charge in [-0.2, -0.15) is 0 Å². The van der Waals surface area contributed by atoms with E-state index in [0.717, 1.165) is 0 Å². The summed E-state index contributed by atoms with van der Waals surface area (Å²) in [6.45, 7) is -0.120. The number of oxime groups is 1. The SMILES string of the molecule is COC(=O)C(Nc1ccc(C(N)=NO)cc1)c1ccc(OC)cc1OCCO. The van der Waals surface area contributed by atoms with Crippen LogP contribution in [-0.2, 0) is 9.53 Å². The Morgan fingerprint density at radius 2 is 1.93 bits per heavy atom. The molecule has 0 aliphatic carbocycles. The zero-order valence-corrected chi connectivity index (χ0v) is 15.6. The van der Waals surface area contributed by atoms with E-state index in [-0.39, 0.29) is 19.0 Å². The fourth-order valence-corrected chi connectivity index (χ4v) is 2.50. The number of carbonyl (C=O) groups is 1. The molecule has 0 aliphatic heterocycles. The maximum absolute atomic E-state index is 12.4. The second kappa shape index (κ2) is 10.0. The van der Waals surface area contributed by atoms with Crippen LogP contribution >= 0.6 is 0 Å². The van der Waals surface area contributed by atoms with Crippen LogP contribution in [0.15, 0.2) is 47.6 Å². The van der Waals surface area contributed by atoms with Crippen molar-refractivity contribution in [2.45, 2.75) is 6.04 Å². The number of rotatable bonds is 9. The number of anilines is 1. The fourth-order valence-electron chi connectivity index (χ4n) is 2.50. The molecule has 9 nitrogen and oxygen atoms in total. The van der Waals surface area contributed by atoms with E-state index in [1.165, 1.54) is 14.2 Å². The minimum Gasteiger partial charge on any atom is -0.497 e.